The Hall–Kier alpha value is -1.89. The van der Waals surface area contributed by atoms with Gasteiger partial charge in [0.15, 0.2) is 0 Å². The highest BCUT2D eigenvalue weighted by Gasteiger charge is 2.20. The summed E-state index contributed by atoms with van der Waals surface area (Å²) in [6.45, 7) is 1.25. The average molecular weight is 256 g/mol. The molecule has 4 N–H and O–H groups in total. The van der Waals surface area contributed by atoms with Gasteiger partial charge in [-0.15, -0.1) is 11.3 Å². The lowest BCUT2D eigenvalue weighted by Gasteiger charge is -2.11. The molecule has 0 radical (unpaired) electrons. The van der Waals surface area contributed by atoms with Crippen LogP contribution in [-0.2, 0) is 16.0 Å². The zero-order chi connectivity index (χ0) is 13.0. The van der Waals surface area contributed by atoms with E-state index in [9.17, 15) is 14.4 Å². The summed E-state index contributed by atoms with van der Waals surface area (Å²) in [6, 6.07) is 2.17. The van der Waals surface area contributed by atoms with Crippen LogP contribution in [0.1, 0.15) is 21.5 Å². The quantitative estimate of drug-likeness (QED) is 0.687. The monoisotopic (exact) mass is 256 g/mol. The Kier molecular flexibility index (Phi) is 4.22. The van der Waals surface area contributed by atoms with Crippen molar-refractivity contribution in [1.82, 2.24) is 5.32 Å². The molecular weight excluding hydrogens is 244 g/mol. The summed E-state index contributed by atoms with van der Waals surface area (Å²) in [7, 11) is 0. The number of rotatable bonds is 5. The van der Waals surface area contributed by atoms with Crippen molar-refractivity contribution in [1.29, 1.82) is 0 Å². The van der Waals surface area contributed by atoms with Crippen LogP contribution >= 0.6 is 11.3 Å². The predicted octanol–water partition coefficient (Wildman–Crippen LogP) is -0.0212. The minimum absolute atomic E-state index is 0.132. The van der Waals surface area contributed by atoms with E-state index in [-0.39, 0.29) is 6.42 Å². The van der Waals surface area contributed by atoms with Crippen LogP contribution in [0.3, 0.4) is 0 Å². The van der Waals surface area contributed by atoms with Gasteiger partial charge in [0.2, 0.25) is 5.91 Å². The molecule has 92 valence electrons. The second kappa shape index (κ2) is 5.44. The lowest BCUT2D eigenvalue weighted by atomic mass is 10.2. The molecule has 0 aliphatic heterocycles. The molecule has 2 amide bonds. The molecule has 17 heavy (non-hydrogen) atoms. The number of carbonyl (C=O) groups is 3. The van der Waals surface area contributed by atoms with Gasteiger partial charge < -0.3 is 16.2 Å². The number of thiophene rings is 1. The number of carbonyl (C=O) groups excluding carboxylic acids is 2. The van der Waals surface area contributed by atoms with E-state index >= 15 is 0 Å². The molecule has 0 fully saturated rings. The summed E-state index contributed by atoms with van der Waals surface area (Å²) < 4.78 is 0. The number of nitrogens with one attached hydrogen (secondary N) is 1. The maximum atomic E-state index is 10.9. The Labute approximate surface area is 101 Å². The van der Waals surface area contributed by atoms with Crippen LogP contribution in [-0.4, -0.2) is 28.9 Å². The highest BCUT2D eigenvalue weighted by Crippen LogP contribution is 2.17. The Morgan fingerprint density at radius 1 is 1.47 bits per heavy atom. The number of primary amides is 1. The molecular formula is C10H12N2O4S. The molecule has 1 unspecified atom stereocenters. The number of hydrogen-bond acceptors (Lipinski definition) is 4. The van der Waals surface area contributed by atoms with Crippen molar-refractivity contribution < 1.29 is 19.5 Å². The standard InChI is InChI=1S/C10H12N2O4S/c1-5(13)12-7(10(15)16)4-6-2-3-8(17-6)9(11)14/h2-3,7H,4H2,1H3,(H2,11,14)(H,12,13)(H,15,16). The average Bonchev–Trinajstić information content (AvgIpc) is 2.64. The fourth-order valence-corrected chi connectivity index (χ4v) is 2.17. The van der Waals surface area contributed by atoms with Crippen molar-refractivity contribution in [3.63, 3.8) is 0 Å². The molecule has 0 bridgehead atoms. The lowest BCUT2D eigenvalue weighted by molar-refractivity contribution is -0.141. The van der Waals surface area contributed by atoms with Gasteiger partial charge in [0.1, 0.15) is 6.04 Å². The first-order valence-corrected chi connectivity index (χ1v) is 5.60. The van der Waals surface area contributed by atoms with Crippen molar-refractivity contribution in [3.05, 3.63) is 21.9 Å². The summed E-state index contributed by atoms with van der Waals surface area (Å²) >= 11 is 1.12. The van der Waals surface area contributed by atoms with Crippen molar-refractivity contribution in [3.8, 4) is 0 Å². The second-order valence-corrected chi connectivity index (χ2v) is 4.59. The van der Waals surface area contributed by atoms with E-state index in [0.717, 1.165) is 11.3 Å². The molecule has 0 saturated carbocycles. The van der Waals surface area contributed by atoms with E-state index < -0.39 is 23.8 Å². The zero-order valence-corrected chi connectivity index (χ0v) is 9.91. The van der Waals surface area contributed by atoms with Gasteiger partial charge in [-0.25, -0.2) is 4.79 Å². The second-order valence-electron chi connectivity index (χ2n) is 3.43. The molecule has 6 nitrogen and oxygen atoms in total. The highest BCUT2D eigenvalue weighted by atomic mass is 32.1. The van der Waals surface area contributed by atoms with E-state index in [1.54, 1.807) is 6.07 Å². The van der Waals surface area contributed by atoms with Crippen LogP contribution in [0.2, 0.25) is 0 Å². The largest absolute Gasteiger partial charge is 0.480 e. The first-order valence-electron chi connectivity index (χ1n) is 4.78. The van der Waals surface area contributed by atoms with Crippen LogP contribution in [0, 0.1) is 0 Å². The first kappa shape index (κ1) is 13.2. The third-order valence-corrected chi connectivity index (χ3v) is 3.11. The van der Waals surface area contributed by atoms with Gasteiger partial charge in [0.05, 0.1) is 4.88 Å². The topological polar surface area (TPSA) is 109 Å². The van der Waals surface area contributed by atoms with Gasteiger partial charge in [-0.3, -0.25) is 9.59 Å². The van der Waals surface area contributed by atoms with E-state index in [1.165, 1.54) is 13.0 Å². The molecule has 7 heteroatoms. The number of carboxylic acid groups (broad SMARTS) is 1. The molecule has 1 aromatic rings. The van der Waals surface area contributed by atoms with Crippen LogP contribution in [0.15, 0.2) is 12.1 Å². The van der Waals surface area contributed by atoms with Gasteiger partial charge >= 0.3 is 5.97 Å². The van der Waals surface area contributed by atoms with Gasteiger partial charge in [0, 0.05) is 18.2 Å². The van der Waals surface area contributed by atoms with Gasteiger partial charge in [-0.05, 0) is 12.1 Å². The number of hydrogen-bond donors (Lipinski definition) is 3. The van der Waals surface area contributed by atoms with Gasteiger partial charge in [-0.2, -0.15) is 0 Å². The summed E-state index contributed by atoms with van der Waals surface area (Å²) in [5.41, 5.74) is 5.08. The molecule has 0 aliphatic carbocycles. The van der Waals surface area contributed by atoms with Gasteiger partial charge in [0.25, 0.3) is 5.91 Å². The summed E-state index contributed by atoms with van der Waals surface area (Å²) in [4.78, 5) is 33.6. The molecule has 0 aliphatic rings. The third kappa shape index (κ3) is 3.87. The fourth-order valence-electron chi connectivity index (χ4n) is 1.27. The van der Waals surface area contributed by atoms with E-state index in [2.05, 4.69) is 5.32 Å². The first-order chi connectivity index (χ1) is 7.90. The maximum Gasteiger partial charge on any atom is 0.326 e. The molecule has 0 saturated heterocycles. The fraction of sp³-hybridized carbons (Fsp3) is 0.300. The number of carboxylic acids is 1. The van der Waals surface area contributed by atoms with Crippen LogP contribution < -0.4 is 11.1 Å². The minimum atomic E-state index is -1.12. The van der Waals surface area contributed by atoms with E-state index in [4.69, 9.17) is 10.8 Å². The van der Waals surface area contributed by atoms with Crippen molar-refractivity contribution >= 4 is 29.1 Å². The summed E-state index contributed by atoms with van der Waals surface area (Å²) in [5.74, 6) is -2.08. The molecule has 1 atom stereocenters. The molecule has 0 aromatic carbocycles. The Bertz CT molecular complexity index is 455. The van der Waals surface area contributed by atoms with E-state index in [1.807, 2.05) is 0 Å². The zero-order valence-electron chi connectivity index (χ0n) is 9.10. The number of aliphatic carboxylic acids is 1. The van der Waals surface area contributed by atoms with Gasteiger partial charge in [-0.1, -0.05) is 0 Å². The van der Waals surface area contributed by atoms with E-state index in [0.29, 0.717) is 9.75 Å². The Balaban J connectivity index is 2.75. The summed E-state index contributed by atoms with van der Waals surface area (Å²) in [6.07, 6.45) is 0.132. The highest BCUT2D eigenvalue weighted by molar-refractivity contribution is 7.14. The summed E-state index contributed by atoms with van der Waals surface area (Å²) in [5, 5.41) is 11.2. The maximum absolute atomic E-state index is 10.9. The third-order valence-electron chi connectivity index (χ3n) is 1.99. The van der Waals surface area contributed by atoms with Crippen molar-refractivity contribution in [2.75, 3.05) is 0 Å². The van der Waals surface area contributed by atoms with Crippen molar-refractivity contribution in [2.24, 2.45) is 5.73 Å². The molecule has 0 spiro atoms. The van der Waals surface area contributed by atoms with Crippen molar-refractivity contribution in [2.45, 2.75) is 19.4 Å². The smallest absolute Gasteiger partial charge is 0.326 e. The molecule has 1 aromatic heterocycles. The number of amides is 2. The Morgan fingerprint density at radius 3 is 2.53 bits per heavy atom. The lowest BCUT2D eigenvalue weighted by Crippen LogP contribution is -2.40. The number of nitrogens with two attached hydrogens (primary N) is 1. The van der Waals surface area contributed by atoms with Crippen LogP contribution in [0.4, 0.5) is 0 Å². The predicted molar refractivity (Wildman–Crippen MR) is 61.8 cm³/mol. The molecule has 1 rings (SSSR count). The minimum Gasteiger partial charge on any atom is -0.480 e. The SMILES string of the molecule is CC(=O)NC(Cc1ccc(C(N)=O)s1)C(=O)O. The normalized spacial score (nSPS) is 11.8. The van der Waals surface area contributed by atoms with Crippen LogP contribution in [0.5, 0.6) is 0 Å². The van der Waals surface area contributed by atoms with Crippen LogP contribution in [0.25, 0.3) is 0 Å². The Morgan fingerprint density at radius 2 is 2.12 bits per heavy atom. The molecule has 1 heterocycles.